The SMILES string of the molecule is CC(=O)c1csc(NC(=O)c2cccc(Br)c2)n1. The second-order valence-corrected chi connectivity index (χ2v) is 5.33. The molecular weight excluding hydrogens is 316 g/mol. The molecule has 4 nitrogen and oxygen atoms in total. The molecule has 1 aromatic carbocycles. The highest BCUT2D eigenvalue weighted by molar-refractivity contribution is 9.10. The lowest BCUT2D eigenvalue weighted by molar-refractivity contribution is 0.100. The molecule has 18 heavy (non-hydrogen) atoms. The molecule has 0 aliphatic rings. The van der Waals surface area contributed by atoms with Gasteiger partial charge in [-0.2, -0.15) is 0 Å². The van der Waals surface area contributed by atoms with Crippen molar-refractivity contribution in [2.75, 3.05) is 5.32 Å². The highest BCUT2D eigenvalue weighted by Gasteiger charge is 2.10. The molecule has 0 radical (unpaired) electrons. The van der Waals surface area contributed by atoms with Gasteiger partial charge in [-0.05, 0) is 18.2 Å². The molecule has 0 atom stereocenters. The molecule has 0 spiro atoms. The third-order valence-corrected chi connectivity index (χ3v) is 3.42. The molecule has 0 fully saturated rings. The number of carbonyl (C=O) groups excluding carboxylic acids is 2. The summed E-state index contributed by atoms with van der Waals surface area (Å²) in [5, 5.41) is 4.70. The van der Waals surface area contributed by atoms with Crippen LogP contribution in [0.4, 0.5) is 5.13 Å². The van der Waals surface area contributed by atoms with Crippen molar-refractivity contribution >= 4 is 44.1 Å². The quantitative estimate of drug-likeness (QED) is 0.880. The Morgan fingerprint density at radius 3 is 2.78 bits per heavy atom. The Kier molecular flexibility index (Phi) is 3.88. The minimum Gasteiger partial charge on any atom is -0.298 e. The fraction of sp³-hybridized carbons (Fsp3) is 0.0833. The largest absolute Gasteiger partial charge is 0.298 e. The lowest BCUT2D eigenvalue weighted by Gasteiger charge is -2.01. The highest BCUT2D eigenvalue weighted by atomic mass is 79.9. The Morgan fingerprint density at radius 2 is 2.17 bits per heavy atom. The number of aromatic nitrogens is 1. The van der Waals surface area contributed by atoms with Gasteiger partial charge in [0.2, 0.25) is 0 Å². The lowest BCUT2D eigenvalue weighted by atomic mass is 10.2. The topological polar surface area (TPSA) is 59.1 Å². The highest BCUT2D eigenvalue weighted by Crippen LogP contribution is 2.18. The number of ketones is 1. The van der Waals surface area contributed by atoms with Gasteiger partial charge < -0.3 is 0 Å². The van der Waals surface area contributed by atoms with Crippen molar-refractivity contribution in [3.63, 3.8) is 0 Å². The van der Waals surface area contributed by atoms with Crippen LogP contribution in [0.5, 0.6) is 0 Å². The average molecular weight is 325 g/mol. The van der Waals surface area contributed by atoms with E-state index in [2.05, 4.69) is 26.2 Å². The van der Waals surface area contributed by atoms with Crippen molar-refractivity contribution in [2.45, 2.75) is 6.92 Å². The summed E-state index contributed by atoms with van der Waals surface area (Å²) in [6, 6.07) is 7.05. The predicted octanol–water partition coefficient (Wildman–Crippen LogP) is 3.36. The number of thiazole rings is 1. The van der Waals surface area contributed by atoms with E-state index in [9.17, 15) is 9.59 Å². The molecule has 0 aliphatic carbocycles. The van der Waals surface area contributed by atoms with Crippen LogP contribution in [-0.4, -0.2) is 16.7 Å². The third kappa shape index (κ3) is 3.02. The first-order chi connectivity index (χ1) is 8.56. The monoisotopic (exact) mass is 324 g/mol. The summed E-state index contributed by atoms with van der Waals surface area (Å²) < 4.78 is 0.832. The Hall–Kier alpha value is -1.53. The number of hydrogen-bond donors (Lipinski definition) is 1. The number of hydrogen-bond acceptors (Lipinski definition) is 4. The summed E-state index contributed by atoms with van der Waals surface area (Å²) in [4.78, 5) is 27.0. The zero-order chi connectivity index (χ0) is 13.1. The lowest BCUT2D eigenvalue weighted by Crippen LogP contribution is -2.11. The fourth-order valence-electron chi connectivity index (χ4n) is 1.29. The fourth-order valence-corrected chi connectivity index (χ4v) is 2.44. The molecule has 92 valence electrons. The summed E-state index contributed by atoms with van der Waals surface area (Å²) in [6.07, 6.45) is 0. The number of amides is 1. The first kappa shape index (κ1) is 12.9. The van der Waals surface area contributed by atoms with E-state index < -0.39 is 0 Å². The van der Waals surface area contributed by atoms with Crippen LogP contribution in [-0.2, 0) is 0 Å². The van der Waals surface area contributed by atoms with E-state index in [1.807, 2.05) is 6.07 Å². The minimum atomic E-state index is -0.249. The Balaban J connectivity index is 2.13. The maximum Gasteiger partial charge on any atom is 0.257 e. The van der Waals surface area contributed by atoms with Crippen molar-refractivity contribution in [3.8, 4) is 0 Å². The molecule has 0 aliphatic heterocycles. The summed E-state index contributed by atoms with van der Waals surface area (Å²) in [5.74, 6) is -0.366. The summed E-state index contributed by atoms with van der Waals surface area (Å²) in [7, 11) is 0. The first-order valence-corrected chi connectivity index (χ1v) is 6.77. The van der Waals surface area contributed by atoms with E-state index in [0.29, 0.717) is 16.4 Å². The van der Waals surface area contributed by atoms with Gasteiger partial charge in [0.1, 0.15) is 5.69 Å². The van der Waals surface area contributed by atoms with Crippen LogP contribution in [0.25, 0.3) is 0 Å². The standard InChI is InChI=1S/C12H9BrN2O2S/c1-7(16)10-6-18-12(14-10)15-11(17)8-3-2-4-9(13)5-8/h2-6H,1H3,(H,14,15,17). The van der Waals surface area contributed by atoms with Gasteiger partial charge in [-0.3, -0.25) is 14.9 Å². The molecule has 1 N–H and O–H groups in total. The molecule has 1 aromatic heterocycles. The van der Waals surface area contributed by atoms with Crippen LogP contribution >= 0.6 is 27.3 Å². The van der Waals surface area contributed by atoms with Crippen molar-refractivity contribution < 1.29 is 9.59 Å². The summed E-state index contributed by atoms with van der Waals surface area (Å²) in [6.45, 7) is 1.44. The van der Waals surface area contributed by atoms with Gasteiger partial charge in [0.15, 0.2) is 10.9 Å². The van der Waals surface area contributed by atoms with Crippen LogP contribution in [0.15, 0.2) is 34.1 Å². The second-order valence-electron chi connectivity index (χ2n) is 3.56. The normalized spacial score (nSPS) is 10.1. The van der Waals surface area contributed by atoms with Gasteiger partial charge in [0, 0.05) is 22.3 Å². The average Bonchev–Trinajstić information content (AvgIpc) is 2.77. The zero-order valence-electron chi connectivity index (χ0n) is 9.44. The van der Waals surface area contributed by atoms with Crippen LogP contribution in [0.3, 0.4) is 0 Å². The van der Waals surface area contributed by atoms with E-state index in [-0.39, 0.29) is 11.7 Å². The van der Waals surface area contributed by atoms with Crippen LogP contribution in [0.2, 0.25) is 0 Å². The first-order valence-electron chi connectivity index (χ1n) is 5.09. The van der Waals surface area contributed by atoms with Gasteiger partial charge in [-0.25, -0.2) is 4.98 Å². The van der Waals surface area contributed by atoms with Crippen molar-refractivity contribution in [3.05, 3.63) is 45.4 Å². The van der Waals surface area contributed by atoms with Gasteiger partial charge in [-0.1, -0.05) is 22.0 Å². The number of anilines is 1. The molecule has 1 heterocycles. The van der Waals surface area contributed by atoms with Gasteiger partial charge in [0.05, 0.1) is 0 Å². The van der Waals surface area contributed by atoms with Crippen LogP contribution < -0.4 is 5.32 Å². The van der Waals surface area contributed by atoms with Gasteiger partial charge >= 0.3 is 0 Å². The number of carbonyl (C=O) groups is 2. The summed E-state index contributed by atoms with van der Waals surface area (Å²) >= 11 is 4.53. The number of rotatable bonds is 3. The van der Waals surface area contributed by atoms with Crippen LogP contribution in [0, 0.1) is 0 Å². The maximum atomic E-state index is 11.9. The van der Waals surface area contributed by atoms with Crippen molar-refractivity contribution in [1.29, 1.82) is 0 Å². The molecule has 2 aromatic rings. The molecule has 0 saturated heterocycles. The Bertz CT molecular complexity index is 610. The second kappa shape index (κ2) is 5.41. The van der Waals surface area contributed by atoms with E-state index in [0.717, 1.165) is 4.47 Å². The van der Waals surface area contributed by atoms with Crippen molar-refractivity contribution in [1.82, 2.24) is 4.98 Å². The molecule has 2 rings (SSSR count). The number of halogens is 1. The molecule has 0 unspecified atom stereocenters. The Morgan fingerprint density at radius 1 is 1.39 bits per heavy atom. The van der Waals surface area contributed by atoms with Crippen LogP contribution in [0.1, 0.15) is 27.8 Å². The Labute approximate surface area is 116 Å². The van der Waals surface area contributed by atoms with E-state index >= 15 is 0 Å². The van der Waals surface area contributed by atoms with Gasteiger partial charge in [-0.15, -0.1) is 11.3 Å². The van der Waals surface area contributed by atoms with E-state index in [1.54, 1.807) is 23.6 Å². The van der Waals surface area contributed by atoms with Gasteiger partial charge in [0.25, 0.3) is 5.91 Å². The molecule has 0 saturated carbocycles. The number of Topliss-reactive ketones (excluding diaryl/α,β-unsaturated/α-hetero) is 1. The van der Waals surface area contributed by atoms with Crippen molar-refractivity contribution in [2.24, 2.45) is 0 Å². The van der Waals surface area contributed by atoms with E-state index in [1.165, 1.54) is 18.3 Å². The molecule has 6 heteroatoms. The number of nitrogens with one attached hydrogen (secondary N) is 1. The van der Waals surface area contributed by atoms with E-state index in [4.69, 9.17) is 0 Å². The number of nitrogens with zero attached hydrogens (tertiary/aromatic N) is 1. The molecule has 1 amide bonds. The molecule has 0 bridgehead atoms. The smallest absolute Gasteiger partial charge is 0.257 e. The zero-order valence-corrected chi connectivity index (χ0v) is 11.8. The molecular formula is C12H9BrN2O2S. The summed E-state index contributed by atoms with van der Waals surface area (Å²) in [5.41, 5.74) is 0.897. The number of benzene rings is 1. The predicted molar refractivity (Wildman–Crippen MR) is 74.2 cm³/mol. The maximum absolute atomic E-state index is 11.9. The third-order valence-electron chi connectivity index (χ3n) is 2.17. The minimum absolute atomic E-state index is 0.116.